The van der Waals surface area contributed by atoms with Crippen LogP contribution in [0.1, 0.15) is 0 Å². The molecule has 0 heterocycles. The van der Waals surface area contributed by atoms with Gasteiger partial charge in [-0.2, -0.15) is 0 Å². The molecule has 0 aliphatic carbocycles. The molecule has 7 heteroatoms. The Morgan fingerprint density at radius 3 is 2.05 bits per heavy atom. The van der Waals surface area contributed by atoms with Crippen LogP contribution in [0.25, 0.3) is 0 Å². The molecule has 0 aliphatic heterocycles. The van der Waals surface area contributed by atoms with E-state index < -0.39 is 10.0 Å². The van der Waals surface area contributed by atoms with E-state index >= 15 is 0 Å². The van der Waals surface area contributed by atoms with Crippen molar-refractivity contribution in [3.8, 4) is 0 Å². The normalized spacial score (nSPS) is 10.6. The van der Waals surface area contributed by atoms with E-state index in [0.717, 1.165) is 0 Å². The predicted molar refractivity (Wildman–Crippen MR) is 76.5 cm³/mol. The van der Waals surface area contributed by atoms with E-state index in [-0.39, 0.29) is 4.90 Å². The summed E-state index contributed by atoms with van der Waals surface area (Å²) in [6.07, 6.45) is 0.506. The van der Waals surface area contributed by atoms with Crippen molar-refractivity contribution in [1.82, 2.24) is 5.43 Å². The molecule has 0 aliphatic rings. The monoisotopic (exact) mass is 291 g/mol. The van der Waals surface area contributed by atoms with Gasteiger partial charge in [0.05, 0.1) is 10.6 Å². The summed E-state index contributed by atoms with van der Waals surface area (Å²) in [5.41, 5.74) is 5.98. The van der Waals surface area contributed by atoms with Gasteiger partial charge in [-0.25, -0.2) is 8.42 Å². The third-order valence-corrected chi connectivity index (χ3v) is 3.86. The molecule has 0 radical (unpaired) electrons. The number of carbonyl (C=O) groups is 1. The third kappa shape index (κ3) is 3.48. The Balaban J connectivity index is 2.12. The fourth-order valence-electron chi connectivity index (χ4n) is 1.55. The molecule has 2 aromatic rings. The van der Waals surface area contributed by atoms with Gasteiger partial charge in [-0.3, -0.25) is 20.4 Å². The Labute approximate surface area is 116 Å². The van der Waals surface area contributed by atoms with E-state index in [1.807, 2.05) is 0 Å². The van der Waals surface area contributed by atoms with Gasteiger partial charge in [0, 0.05) is 5.69 Å². The van der Waals surface area contributed by atoms with Gasteiger partial charge in [0.1, 0.15) is 0 Å². The van der Waals surface area contributed by atoms with Crippen molar-refractivity contribution in [3.05, 3.63) is 54.6 Å². The van der Waals surface area contributed by atoms with Crippen LogP contribution < -0.4 is 15.6 Å². The van der Waals surface area contributed by atoms with Gasteiger partial charge in [0.25, 0.3) is 10.0 Å². The maximum atomic E-state index is 12.1. The molecule has 6 nitrogen and oxygen atoms in total. The maximum Gasteiger partial charge on any atom is 0.261 e. The van der Waals surface area contributed by atoms with E-state index in [2.05, 4.69) is 15.6 Å². The molecule has 0 spiro atoms. The lowest BCUT2D eigenvalue weighted by atomic mass is 10.3. The number of amides is 1. The van der Waals surface area contributed by atoms with E-state index in [1.54, 1.807) is 42.5 Å². The van der Waals surface area contributed by atoms with Crippen molar-refractivity contribution in [3.63, 3.8) is 0 Å². The summed E-state index contributed by atoms with van der Waals surface area (Å²) in [7, 11) is -3.59. The van der Waals surface area contributed by atoms with E-state index in [4.69, 9.17) is 0 Å². The van der Waals surface area contributed by atoms with E-state index in [0.29, 0.717) is 17.8 Å². The van der Waals surface area contributed by atoms with Gasteiger partial charge in [0.15, 0.2) is 0 Å². The second kappa shape index (κ2) is 6.07. The largest absolute Gasteiger partial charge is 0.299 e. The second-order valence-corrected chi connectivity index (χ2v) is 5.57. The minimum atomic E-state index is -3.59. The molecule has 104 valence electrons. The Morgan fingerprint density at radius 2 is 1.45 bits per heavy atom. The topological polar surface area (TPSA) is 87.3 Å². The van der Waals surface area contributed by atoms with Crippen molar-refractivity contribution in [2.24, 2.45) is 0 Å². The number of hydrogen-bond donors (Lipinski definition) is 3. The fourth-order valence-corrected chi connectivity index (χ4v) is 2.63. The van der Waals surface area contributed by atoms with Gasteiger partial charge in [-0.15, -0.1) is 0 Å². The fraction of sp³-hybridized carbons (Fsp3) is 0. The van der Waals surface area contributed by atoms with Crippen LogP contribution in [0.4, 0.5) is 11.4 Å². The van der Waals surface area contributed by atoms with Crippen LogP contribution in [-0.2, 0) is 14.8 Å². The SMILES string of the molecule is O=CNNc1ccc(NS(=O)(=O)c2ccccc2)cc1. The molecule has 0 fully saturated rings. The minimum Gasteiger partial charge on any atom is -0.299 e. The predicted octanol–water partition coefficient (Wildman–Crippen LogP) is 1.56. The van der Waals surface area contributed by atoms with Crippen LogP contribution in [0.15, 0.2) is 59.5 Å². The molecule has 0 aromatic heterocycles. The van der Waals surface area contributed by atoms with Crippen molar-refractivity contribution in [2.45, 2.75) is 4.90 Å². The van der Waals surface area contributed by atoms with Crippen molar-refractivity contribution >= 4 is 27.8 Å². The summed E-state index contributed by atoms with van der Waals surface area (Å²) >= 11 is 0. The van der Waals surface area contributed by atoms with Crippen LogP contribution in [0.2, 0.25) is 0 Å². The Kier molecular flexibility index (Phi) is 4.21. The lowest BCUT2D eigenvalue weighted by Crippen LogP contribution is -2.18. The zero-order valence-electron chi connectivity index (χ0n) is 10.4. The summed E-state index contributed by atoms with van der Waals surface area (Å²) in [4.78, 5) is 10.3. The summed E-state index contributed by atoms with van der Waals surface area (Å²) in [6, 6.07) is 14.6. The molecule has 0 bridgehead atoms. The first-order chi connectivity index (χ1) is 9.62. The second-order valence-electron chi connectivity index (χ2n) is 3.88. The number of hydrogen-bond acceptors (Lipinski definition) is 4. The molecule has 1 amide bonds. The van der Waals surface area contributed by atoms with Crippen molar-refractivity contribution in [1.29, 1.82) is 0 Å². The summed E-state index contributed by atoms with van der Waals surface area (Å²) in [5, 5.41) is 0. The highest BCUT2D eigenvalue weighted by atomic mass is 32.2. The molecular formula is C13H13N3O3S. The minimum absolute atomic E-state index is 0.199. The number of nitrogens with one attached hydrogen (secondary N) is 3. The maximum absolute atomic E-state index is 12.1. The first-order valence-corrected chi connectivity index (χ1v) is 7.23. The van der Waals surface area contributed by atoms with Gasteiger partial charge in [0.2, 0.25) is 6.41 Å². The lowest BCUT2D eigenvalue weighted by Gasteiger charge is -2.09. The van der Waals surface area contributed by atoms with Gasteiger partial charge >= 0.3 is 0 Å². The number of carbonyl (C=O) groups excluding carboxylic acids is 1. The molecule has 0 atom stereocenters. The third-order valence-electron chi connectivity index (χ3n) is 2.47. The Morgan fingerprint density at radius 1 is 0.850 bits per heavy atom. The van der Waals surface area contributed by atoms with E-state index in [9.17, 15) is 13.2 Å². The first-order valence-electron chi connectivity index (χ1n) is 5.75. The molecular weight excluding hydrogens is 278 g/mol. The number of benzene rings is 2. The average molecular weight is 291 g/mol. The van der Waals surface area contributed by atoms with Crippen LogP contribution in [0.5, 0.6) is 0 Å². The van der Waals surface area contributed by atoms with Crippen LogP contribution in [0.3, 0.4) is 0 Å². The number of hydrazine groups is 1. The molecule has 0 saturated carbocycles. The number of sulfonamides is 1. The highest BCUT2D eigenvalue weighted by Crippen LogP contribution is 2.17. The zero-order valence-corrected chi connectivity index (χ0v) is 11.2. The van der Waals surface area contributed by atoms with Gasteiger partial charge < -0.3 is 0 Å². The summed E-state index contributed by atoms with van der Waals surface area (Å²) < 4.78 is 26.6. The van der Waals surface area contributed by atoms with Crippen LogP contribution in [0, 0.1) is 0 Å². The van der Waals surface area contributed by atoms with Crippen molar-refractivity contribution in [2.75, 3.05) is 10.1 Å². The summed E-state index contributed by atoms with van der Waals surface area (Å²) in [6.45, 7) is 0. The molecule has 20 heavy (non-hydrogen) atoms. The molecule has 0 saturated heterocycles. The standard InChI is InChI=1S/C13H13N3O3S/c17-10-14-15-11-6-8-12(9-7-11)16-20(18,19)13-4-2-1-3-5-13/h1-10,15-16H,(H,14,17). The van der Waals surface area contributed by atoms with Gasteiger partial charge in [-0.05, 0) is 36.4 Å². The average Bonchev–Trinajstić information content (AvgIpc) is 2.47. The molecule has 2 rings (SSSR count). The number of anilines is 2. The van der Waals surface area contributed by atoms with Crippen molar-refractivity contribution < 1.29 is 13.2 Å². The van der Waals surface area contributed by atoms with Gasteiger partial charge in [-0.1, -0.05) is 18.2 Å². The molecule has 3 N–H and O–H groups in total. The Bertz CT molecular complexity index is 670. The zero-order chi connectivity index (χ0) is 14.4. The molecule has 0 unspecified atom stereocenters. The highest BCUT2D eigenvalue weighted by Gasteiger charge is 2.12. The summed E-state index contributed by atoms with van der Waals surface area (Å²) in [5.74, 6) is 0. The van der Waals surface area contributed by atoms with Crippen LogP contribution in [-0.4, -0.2) is 14.8 Å². The lowest BCUT2D eigenvalue weighted by molar-refractivity contribution is -0.109. The quantitative estimate of drug-likeness (QED) is 0.557. The first kappa shape index (κ1) is 13.9. The van der Waals surface area contributed by atoms with Crippen LogP contribution >= 0.6 is 0 Å². The van der Waals surface area contributed by atoms with E-state index in [1.165, 1.54) is 12.1 Å². The highest BCUT2D eigenvalue weighted by molar-refractivity contribution is 7.92. The smallest absolute Gasteiger partial charge is 0.261 e. The molecule has 2 aromatic carbocycles. The Hall–Kier alpha value is -2.54. The number of rotatable bonds is 6.